The fourth-order valence-corrected chi connectivity index (χ4v) is 1.84. The Kier molecular flexibility index (Phi) is 3.70. The number of rotatable bonds is 2. The second-order valence-electron chi connectivity index (χ2n) is 4.56. The summed E-state index contributed by atoms with van der Waals surface area (Å²) >= 11 is 0. The van der Waals surface area contributed by atoms with Crippen molar-refractivity contribution in [3.8, 4) is 0 Å². The van der Waals surface area contributed by atoms with E-state index in [2.05, 4.69) is 5.32 Å². The van der Waals surface area contributed by atoms with E-state index in [0.29, 0.717) is 5.69 Å². The average molecular weight is 276 g/mol. The van der Waals surface area contributed by atoms with Gasteiger partial charge in [-0.25, -0.2) is 8.78 Å². The molecule has 2 aromatic carbocycles. The van der Waals surface area contributed by atoms with Gasteiger partial charge in [0.05, 0.1) is 5.56 Å². The highest BCUT2D eigenvalue weighted by atomic mass is 19.2. The molecule has 3 N–H and O–H groups in total. The van der Waals surface area contributed by atoms with Gasteiger partial charge in [0.2, 0.25) is 0 Å². The van der Waals surface area contributed by atoms with E-state index < -0.39 is 17.5 Å². The first-order valence-electron chi connectivity index (χ1n) is 6.02. The van der Waals surface area contributed by atoms with E-state index in [-0.39, 0.29) is 11.3 Å². The maximum absolute atomic E-state index is 13.2. The quantitative estimate of drug-likeness (QED) is 0.826. The Morgan fingerprint density at radius 1 is 1.15 bits per heavy atom. The molecule has 0 aliphatic carbocycles. The Hall–Kier alpha value is -2.43. The highest BCUT2D eigenvalue weighted by Gasteiger charge is 2.15. The summed E-state index contributed by atoms with van der Waals surface area (Å²) < 4.78 is 26.2. The molecular formula is C15H14F2N2O. The Morgan fingerprint density at radius 2 is 1.80 bits per heavy atom. The van der Waals surface area contributed by atoms with Crippen LogP contribution in [-0.2, 0) is 0 Å². The minimum atomic E-state index is -1.11. The van der Waals surface area contributed by atoms with E-state index in [1.165, 1.54) is 0 Å². The monoisotopic (exact) mass is 276 g/mol. The molecule has 2 rings (SSSR count). The summed E-state index contributed by atoms with van der Waals surface area (Å²) in [5.74, 6) is -2.76. The molecule has 0 atom stereocenters. The third-order valence-electron chi connectivity index (χ3n) is 3.19. The number of anilines is 2. The van der Waals surface area contributed by atoms with Crippen molar-refractivity contribution < 1.29 is 13.6 Å². The number of aryl methyl sites for hydroxylation is 1. The molecular weight excluding hydrogens is 262 g/mol. The van der Waals surface area contributed by atoms with Crippen molar-refractivity contribution in [3.63, 3.8) is 0 Å². The van der Waals surface area contributed by atoms with Crippen molar-refractivity contribution >= 4 is 17.3 Å². The lowest BCUT2D eigenvalue weighted by atomic mass is 10.1. The summed E-state index contributed by atoms with van der Waals surface area (Å²) in [4.78, 5) is 12.1. The number of benzene rings is 2. The van der Waals surface area contributed by atoms with Gasteiger partial charge in [-0.05, 0) is 37.1 Å². The minimum Gasteiger partial charge on any atom is -0.398 e. The summed E-state index contributed by atoms with van der Waals surface area (Å²) in [7, 11) is 0. The molecule has 1 amide bonds. The van der Waals surface area contributed by atoms with Crippen LogP contribution in [0.15, 0.2) is 30.3 Å². The van der Waals surface area contributed by atoms with Crippen LogP contribution in [0.25, 0.3) is 0 Å². The lowest BCUT2D eigenvalue weighted by Crippen LogP contribution is -2.15. The van der Waals surface area contributed by atoms with Crippen LogP contribution in [0.4, 0.5) is 20.2 Å². The van der Waals surface area contributed by atoms with Crippen LogP contribution in [0.1, 0.15) is 21.5 Å². The molecule has 0 fully saturated rings. The van der Waals surface area contributed by atoms with Gasteiger partial charge in [0, 0.05) is 17.4 Å². The Bertz CT molecular complexity index is 684. The van der Waals surface area contributed by atoms with E-state index >= 15 is 0 Å². The van der Waals surface area contributed by atoms with Crippen LogP contribution in [0.5, 0.6) is 0 Å². The Morgan fingerprint density at radius 3 is 2.50 bits per heavy atom. The van der Waals surface area contributed by atoms with Gasteiger partial charge in [-0.2, -0.15) is 0 Å². The number of amides is 1. The lowest BCUT2D eigenvalue weighted by Gasteiger charge is -2.11. The van der Waals surface area contributed by atoms with Gasteiger partial charge in [0.1, 0.15) is 0 Å². The van der Waals surface area contributed by atoms with Gasteiger partial charge in [0.15, 0.2) is 11.6 Å². The third-order valence-corrected chi connectivity index (χ3v) is 3.19. The third kappa shape index (κ3) is 2.61. The number of nitrogen functional groups attached to an aromatic ring is 1. The molecule has 0 saturated heterocycles. The van der Waals surface area contributed by atoms with Crippen molar-refractivity contribution in [3.05, 3.63) is 58.7 Å². The second-order valence-corrected chi connectivity index (χ2v) is 4.56. The van der Waals surface area contributed by atoms with Gasteiger partial charge in [-0.3, -0.25) is 4.79 Å². The fourth-order valence-electron chi connectivity index (χ4n) is 1.84. The minimum absolute atomic E-state index is 0.0928. The van der Waals surface area contributed by atoms with Crippen LogP contribution in [0.2, 0.25) is 0 Å². The molecule has 0 radical (unpaired) electrons. The molecule has 0 aliphatic rings. The summed E-state index contributed by atoms with van der Waals surface area (Å²) in [5.41, 5.74) is 7.88. The van der Waals surface area contributed by atoms with Crippen molar-refractivity contribution in [2.75, 3.05) is 11.1 Å². The lowest BCUT2D eigenvalue weighted by molar-refractivity contribution is 0.102. The Balaban J connectivity index is 2.33. The van der Waals surface area contributed by atoms with Crippen LogP contribution in [0, 0.1) is 25.5 Å². The first kappa shape index (κ1) is 14.0. The molecule has 104 valence electrons. The standard InChI is InChI=1S/C15H14F2N2O/c1-8-4-3-5-14(9(8)2)19-15(20)10-6-11(16)12(17)7-13(10)18/h3-7H,18H2,1-2H3,(H,19,20). The van der Waals surface area contributed by atoms with E-state index in [1.807, 2.05) is 19.9 Å². The van der Waals surface area contributed by atoms with Gasteiger partial charge in [-0.15, -0.1) is 0 Å². The van der Waals surface area contributed by atoms with Crippen LogP contribution >= 0.6 is 0 Å². The average Bonchev–Trinajstić information content (AvgIpc) is 2.39. The van der Waals surface area contributed by atoms with E-state index in [9.17, 15) is 13.6 Å². The molecule has 3 nitrogen and oxygen atoms in total. The molecule has 0 unspecified atom stereocenters. The predicted molar refractivity (Wildman–Crippen MR) is 74.6 cm³/mol. The number of halogens is 2. The number of carbonyl (C=O) groups excluding carboxylic acids is 1. The molecule has 0 aliphatic heterocycles. The van der Waals surface area contributed by atoms with Gasteiger partial charge < -0.3 is 11.1 Å². The maximum atomic E-state index is 13.2. The number of nitrogens with two attached hydrogens (primary N) is 1. The van der Waals surface area contributed by atoms with Crippen molar-refractivity contribution in [2.45, 2.75) is 13.8 Å². The van der Waals surface area contributed by atoms with Gasteiger partial charge >= 0.3 is 0 Å². The van der Waals surface area contributed by atoms with Crippen molar-refractivity contribution in [2.24, 2.45) is 0 Å². The predicted octanol–water partition coefficient (Wildman–Crippen LogP) is 3.42. The molecule has 0 bridgehead atoms. The smallest absolute Gasteiger partial charge is 0.257 e. The Labute approximate surface area is 115 Å². The summed E-state index contributed by atoms with van der Waals surface area (Å²) in [6.07, 6.45) is 0. The highest BCUT2D eigenvalue weighted by Crippen LogP contribution is 2.22. The second kappa shape index (κ2) is 5.28. The molecule has 20 heavy (non-hydrogen) atoms. The van der Waals surface area contributed by atoms with Crippen molar-refractivity contribution in [1.29, 1.82) is 0 Å². The first-order valence-corrected chi connectivity index (χ1v) is 6.02. The molecule has 0 heterocycles. The zero-order valence-electron chi connectivity index (χ0n) is 11.1. The van der Waals surface area contributed by atoms with Crippen molar-refractivity contribution in [1.82, 2.24) is 0 Å². The summed E-state index contributed by atoms with van der Waals surface area (Å²) in [6, 6.07) is 7.04. The number of carbonyl (C=O) groups is 1. The van der Waals surface area contributed by atoms with E-state index in [4.69, 9.17) is 5.73 Å². The number of nitrogens with one attached hydrogen (secondary N) is 1. The first-order chi connectivity index (χ1) is 9.40. The zero-order valence-corrected chi connectivity index (χ0v) is 11.1. The molecule has 0 saturated carbocycles. The van der Waals surface area contributed by atoms with Gasteiger partial charge in [-0.1, -0.05) is 12.1 Å². The molecule has 0 aromatic heterocycles. The molecule has 2 aromatic rings. The molecule has 0 spiro atoms. The topological polar surface area (TPSA) is 55.1 Å². The summed E-state index contributed by atoms with van der Waals surface area (Å²) in [6.45, 7) is 3.77. The SMILES string of the molecule is Cc1cccc(NC(=O)c2cc(F)c(F)cc2N)c1C. The van der Waals surface area contributed by atoms with Crippen LogP contribution in [-0.4, -0.2) is 5.91 Å². The largest absolute Gasteiger partial charge is 0.398 e. The maximum Gasteiger partial charge on any atom is 0.257 e. The zero-order chi connectivity index (χ0) is 14.9. The van der Waals surface area contributed by atoms with Crippen LogP contribution < -0.4 is 11.1 Å². The normalized spacial score (nSPS) is 10.4. The highest BCUT2D eigenvalue weighted by molar-refractivity contribution is 6.08. The summed E-state index contributed by atoms with van der Waals surface area (Å²) in [5, 5.41) is 2.65. The van der Waals surface area contributed by atoms with E-state index in [0.717, 1.165) is 23.3 Å². The number of hydrogen-bond acceptors (Lipinski definition) is 2. The fraction of sp³-hybridized carbons (Fsp3) is 0.133. The van der Waals surface area contributed by atoms with E-state index in [1.54, 1.807) is 12.1 Å². The van der Waals surface area contributed by atoms with Gasteiger partial charge in [0.25, 0.3) is 5.91 Å². The molecule has 5 heteroatoms. The van der Waals surface area contributed by atoms with Crippen LogP contribution in [0.3, 0.4) is 0 Å². The number of hydrogen-bond donors (Lipinski definition) is 2.